The second-order valence-electron chi connectivity index (χ2n) is 6.31. The Kier molecular flexibility index (Phi) is 6.26. The summed E-state index contributed by atoms with van der Waals surface area (Å²) in [6.45, 7) is 0.00581. The highest BCUT2D eigenvalue weighted by Crippen LogP contribution is 2.50. The van der Waals surface area contributed by atoms with E-state index in [1.807, 2.05) is 0 Å². The minimum absolute atomic E-state index is 0.0360. The molecule has 0 unspecified atom stereocenters. The van der Waals surface area contributed by atoms with Crippen molar-refractivity contribution in [2.24, 2.45) is 5.18 Å². The van der Waals surface area contributed by atoms with Gasteiger partial charge in [-0.05, 0) is 41.5 Å². The molecule has 0 saturated carbocycles. The van der Waals surface area contributed by atoms with E-state index in [0.29, 0.717) is 28.0 Å². The van der Waals surface area contributed by atoms with Gasteiger partial charge in [0.1, 0.15) is 24.7 Å². The molecule has 0 radical (unpaired) electrons. The number of nitroso groups, excluding NO2 is 1. The summed E-state index contributed by atoms with van der Waals surface area (Å²) < 4.78 is 16.2. The van der Waals surface area contributed by atoms with Crippen molar-refractivity contribution in [2.45, 2.75) is 0 Å². The molecule has 8 nitrogen and oxygen atoms in total. The van der Waals surface area contributed by atoms with Gasteiger partial charge in [0.25, 0.3) is 0 Å². The lowest BCUT2D eigenvalue weighted by molar-refractivity contribution is 0.308. The van der Waals surface area contributed by atoms with Gasteiger partial charge in [0.15, 0.2) is 23.0 Å². The summed E-state index contributed by atoms with van der Waals surface area (Å²) in [7, 11) is 2.90. The SMILES string of the molecule is COc1cc(-c2ccc(O)cc2)c(OC)c(O)c1-c1ccc(OCCN=O)c(O)c1. The van der Waals surface area contributed by atoms with Gasteiger partial charge in [-0.1, -0.05) is 23.4 Å². The van der Waals surface area contributed by atoms with Crippen LogP contribution in [-0.2, 0) is 0 Å². The molecule has 0 atom stereocenters. The standard InChI is InChI=1S/C22H21NO7/c1-28-19-12-16(13-3-6-15(24)7-4-13)22(29-2)21(26)20(19)14-5-8-18(17(25)11-14)30-10-9-23-27/h3-8,11-12,24-26H,9-10H2,1-2H3. The Morgan fingerprint density at radius 3 is 2.17 bits per heavy atom. The molecule has 156 valence electrons. The van der Waals surface area contributed by atoms with Gasteiger partial charge in [0.2, 0.25) is 0 Å². The molecule has 0 fully saturated rings. The van der Waals surface area contributed by atoms with Crippen LogP contribution in [0.25, 0.3) is 22.3 Å². The summed E-state index contributed by atoms with van der Waals surface area (Å²) in [5.41, 5.74) is 2.08. The van der Waals surface area contributed by atoms with Crippen molar-refractivity contribution in [3.8, 4) is 56.8 Å². The van der Waals surface area contributed by atoms with Crippen LogP contribution in [0.3, 0.4) is 0 Å². The molecule has 0 amide bonds. The van der Waals surface area contributed by atoms with Gasteiger partial charge in [-0.3, -0.25) is 0 Å². The zero-order chi connectivity index (χ0) is 21.7. The summed E-state index contributed by atoms with van der Waals surface area (Å²) in [6, 6.07) is 12.7. The quantitative estimate of drug-likeness (QED) is 0.374. The van der Waals surface area contributed by atoms with E-state index in [0.717, 1.165) is 0 Å². The molecule has 3 N–H and O–H groups in total. The number of ether oxygens (including phenoxy) is 3. The van der Waals surface area contributed by atoms with Gasteiger partial charge in [-0.2, -0.15) is 4.91 Å². The second-order valence-corrected chi connectivity index (χ2v) is 6.31. The van der Waals surface area contributed by atoms with Gasteiger partial charge in [0, 0.05) is 5.56 Å². The van der Waals surface area contributed by atoms with E-state index in [4.69, 9.17) is 14.2 Å². The normalized spacial score (nSPS) is 10.5. The first-order chi connectivity index (χ1) is 14.5. The van der Waals surface area contributed by atoms with E-state index in [2.05, 4.69) is 5.18 Å². The molecule has 0 aromatic heterocycles. The predicted octanol–water partition coefficient (Wildman–Crippen LogP) is 4.30. The van der Waals surface area contributed by atoms with E-state index in [1.54, 1.807) is 24.3 Å². The second kappa shape index (κ2) is 9.04. The zero-order valence-corrected chi connectivity index (χ0v) is 16.5. The van der Waals surface area contributed by atoms with Crippen LogP contribution in [-0.4, -0.2) is 42.7 Å². The van der Waals surface area contributed by atoms with Crippen molar-refractivity contribution in [1.82, 2.24) is 0 Å². The Balaban J connectivity index is 2.10. The average molecular weight is 411 g/mol. The molecule has 3 aromatic carbocycles. The number of hydrogen-bond acceptors (Lipinski definition) is 8. The smallest absolute Gasteiger partial charge is 0.170 e. The van der Waals surface area contributed by atoms with Gasteiger partial charge < -0.3 is 29.5 Å². The minimum Gasteiger partial charge on any atom is -0.508 e. The van der Waals surface area contributed by atoms with E-state index in [1.165, 1.54) is 38.5 Å². The highest BCUT2D eigenvalue weighted by molar-refractivity contribution is 5.88. The molecule has 3 rings (SSSR count). The number of benzene rings is 3. The molecule has 0 aliphatic heterocycles. The van der Waals surface area contributed by atoms with Gasteiger partial charge in [-0.25, -0.2) is 0 Å². The first kappa shape index (κ1) is 20.8. The van der Waals surface area contributed by atoms with Crippen LogP contribution < -0.4 is 14.2 Å². The van der Waals surface area contributed by atoms with E-state index in [-0.39, 0.29) is 41.9 Å². The lowest BCUT2D eigenvalue weighted by Crippen LogP contribution is -2.00. The van der Waals surface area contributed by atoms with Crippen LogP contribution >= 0.6 is 0 Å². The molecule has 3 aromatic rings. The van der Waals surface area contributed by atoms with Crippen LogP contribution in [0.1, 0.15) is 0 Å². The summed E-state index contributed by atoms with van der Waals surface area (Å²) in [6.07, 6.45) is 0. The third kappa shape index (κ3) is 4.07. The van der Waals surface area contributed by atoms with E-state index < -0.39 is 0 Å². The number of nitrogens with zero attached hydrogens (tertiary/aromatic N) is 1. The Labute approximate surface area is 172 Å². The molecule has 0 spiro atoms. The van der Waals surface area contributed by atoms with Crippen molar-refractivity contribution in [2.75, 3.05) is 27.4 Å². The first-order valence-electron chi connectivity index (χ1n) is 9.02. The van der Waals surface area contributed by atoms with Gasteiger partial charge in [0.05, 0.1) is 19.8 Å². The van der Waals surface area contributed by atoms with Crippen molar-refractivity contribution in [1.29, 1.82) is 0 Å². The summed E-state index contributed by atoms with van der Waals surface area (Å²) in [4.78, 5) is 10.2. The Morgan fingerprint density at radius 2 is 1.57 bits per heavy atom. The zero-order valence-electron chi connectivity index (χ0n) is 16.5. The van der Waals surface area contributed by atoms with Crippen molar-refractivity contribution in [3.63, 3.8) is 0 Å². The maximum absolute atomic E-state index is 11.0. The average Bonchev–Trinajstić information content (AvgIpc) is 2.75. The highest BCUT2D eigenvalue weighted by atomic mass is 16.5. The van der Waals surface area contributed by atoms with Crippen molar-refractivity contribution >= 4 is 0 Å². The van der Waals surface area contributed by atoms with Crippen LogP contribution in [0, 0.1) is 4.91 Å². The highest BCUT2D eigenvalue weighted by Gasteiger charge is 2.22. The Morgan fingerprint density at radius 1 is 0.867 bits per heavy atom. The first-order valence-corrected chi connectivity index (χ1v) is 9.02. The topological polar surface area (TPSA) is 118 Å². The number of methoxy groups -OCH3 is 2. The molecule has 0 bridgehead atoms. The van der Waals surface area contributed by atoms with Gasteiger partial charge in [-0.15, -0.1) is 0 Å². The lowest BCUT2D eigenvalue weighted by atomic mass is 9.96. The van der Waals surface area contributed by atoms with E-state index in [9.17, 15) is 20.2 Å². The fourth-order valence-electron chi connectivity index (χ4n) is 3.12. The fraction of sp³-hybridized carbons (Fsp3) is 0.182. The largest absolute Gasteiger partial charge is 0.508 e. The summed E-state index contributed by atoms with van der Waals surface area (Å²) in [5.74, 6) is 0.545. The van der Waals surface area contributed by atoms with Gasteiger partial charge >= 0.3 is 0 Å². The molecular formula is C22H21NO7. The third-order valence-electron chi connectivity index (χ3n) is 4.51. The van der Waals surface area contributed by atoms with E-state index >= 15 is 0 Å². The number of hydrogen-bond donors (Lipinski definition) is 3. The number of phenolic OH excluding ortho intramolecular Hbond substituents is 3. The predicted molar refractivity (Wildman–Crippen MR) is 112 cm³/mol. The number of aromatic hydroxyl groups is 3. The number of rotatable bonds is 8. The number of phenols is 3. The maximum atomic E-state index is 11.0. The van der Waals surface area contributed by atoms with Crippen molar-refractivity contribution < 1.29 is 29.5 Å². The fourth-order valence-corrected chi connectivity index (χ4v) is 3.12. The summed E-state index contributed by atoms with van der Waals surface area (Å²) >= 11 is 0. The molecule has 0 aliphatic rings. The molecule has 8 heteroatoms. The van der Waals surface area contributed by atoms with Crippen LogP contribution in [0.5, 0.6) is 34.5 Å². The Hall–Kier alpha value is -3.94. The van der Waals surface area contributed by atoms with Crippen LogP contribution in [0.2, 0.25) is 0 Å². The molecule has 0 saturated heterocycles. The maximum Gasteiger partial charge on any atom is 0.170 e. The van der Waals surface area contributed by atoms with Crippen molar-refractivity contribution in [3.05, 3.63) is 53.4 Å². The Bertz CT molecular complexity index is 1050. The third-order valence-corrected chi connectivity index (χ3v) is 4.51. The lowest BCUT2D eigenvalue weighted by Gasteiger charge is -2.18. The molecule has 0 heterocycles. The molecular weight excluding hydrogens is 390 g/mol. The van der Waals surface area contributed by atoms with Crippen LogP contribution in [0.4, 0.5) is 0 Å². The van der Waals surface area contributed by atoms with Crippen LogP contribution in [0.15, 0.2) is 53.7 Å². The molecule has 0 aliphatic carbocycles. The minimum atomic E-state index is -0.168. The molecule has 30 heavy (non-hydrogen) atoms. The monoisotopic (exact) mass is 411 g/mol. The summed E-state index contributed by atoms with van der Waals surface area (Å²) in [5, 5.41) is 33.5.